The molecular weight excluding hydrogens is 358 g/mol. The molecule has 2 heterocycles. The second-order valence-electron chi connectivity index (χ2n) is 6.20. The Hall–Kier alpha value is -3.60. The molecule has 2 aromatic rings. The minimum atomic E-state index is -0.500. The van der Waals surface area contributed by atoms with Crippen molar-refractivity contribution < 1.29 is 14.3 Å². The normalized spacial score (nSPS) is 13.6. The Morgan fingerprint density at radius 2 is 1.93 bits per heavy atom. The summed E-state index contributed by atoms with van der Waals surface area (Å²) in [6, 6.07) is 12.7. The highest BCUT2D eigenvalue weighted by Gasteiger charge is 2.24. The summed E-state index contributed by atoms with van der Waals surface area (Å²) in [7, 11) is 0. The fourth-order valence-corrected chi connectivity index (χ4v) is 2.96. The number of nitrogens with one attached hydrogen (secondary N) is 1. The lowest BCUT2D eigenvalue weighted by molar-refractivity contribution is 0.0526. The summed E-state index contributed by atoms with van der Waals surface area (Å²) < 4.78 is 4.95. The molecule has 1 aliphatic heterocycles. The first-order chi connectivity index (χ1) is 13.6. The number of carbonyl (C=O) groups excluding carboxylic acids is 2. The Bertz CT molecular complexity index is 886. The molecule has 28 heavy (non-hydrogen) atoms. The van der Waals surface area contributed by atoms with E-state index in [0.29, 0.717) is 37.6 Å². The number of hydrogen-bond donors (Lipinski definition) is 1. The number of amides is 2. The van der Waals surface area contributed by atoms with Crippen molar-refractivity contribution >= 4 is 23.5 Å². The van der Waals surface area contributed by atoms with Crippen LogP contribution in [-0.2, 0) is 4.74 Å². The van der Waals surface area contributed by atoms with Gasteiger partial charge >= 0.3 is 12.0 Å². The van der Waals surface area contributed by atoms with Gasteiger partial charge in [0.25, 0.3) is 0 Å². The summed E-state index contributed by atoms with van der Waals surface area (Å²) in [6.45, 7) is 4.08. The lowest BCUT2D eigenvalue weighted by Gasteiger charge is -2.35. The van der Waals surface area contributed by atoms with Crippen LogP contribution in [0.15, 0.2) is 42.6 Å². The second-order valence-corrected chi connectivity index (χ2v) is 6.20. The fraction of sp³-hybridized carbons (Fsp3) is 0.300. The van der Waals surface area contributed by atoms with Crippen LogP contribution in [-0.4, -0.2) is 54.7 Å². The highest BCUT2D eigenvalue weighted by molar-refractivity contribution is 5.90. The average Bonchev–Trinajstić information content (AvgIpc) is 2.74. The number of aromatic nitrogens is 1. The molecule has 8 nitrogen and oxygen atoms in total. The third kappa shape index (κ3) is 4.38. The van der Waals surface area contributed by atoms with Gasteiger partial charge in [-0.25, -0.2) is 14.6 Å². The van der Waals surface area contributed by atoms with Crippen molar-refractivity contribution in [3.8, 4) is 6.07 Å². The summed E-state index contributed by atoms with van der Waals surface area (Å²) in [6.07, 6.45) is 1.42. The van der Waals surface area contributed by atoms with Gasteiger partial charge < -0.3 is 19.9 Å². The van der Waals surface area contributed by atoms with E-state index in [4.69, 9.17) is 4.74 Å². The van der Waals surface area contributed by atoms with Gasteiger partial charge in [-0.15, -0.1) is 0 Å². The van der Waals surface area contributed by atoms with Crippen LogP contribution in [0.5, 0.6) is 0 Å². The molecule has 0 aliphatic carbocycles. The lowest BCUT2D eigenvalue weighted by Crippen LogP contribution is -2.50. The van der Waals surface area contributed by atoms with Crippen molar-refractivity contribution in [2.45, 2.75) is 6.92 Å². The number of pyridine rings is 1. The Morgan fingerprint density at radius 1 is 1.21 bits per heavy atom. The molecule has 1 aliphatic rings. The number of carbonyl (C=O) groups is 2. The molecule has 3 rings (SSSR count). The number of nitriles is 1. The number of anilines is 2. The number of benzene rings is 1. The van der Waals surface area contributed by atoms with E-state index in [9.17, 15) is 14.9 Å². The van der Waals surface area contributed by atoms with Crippen LogP contribution < -0.4 is 10.2 Å². The van der Waals surface area contributed by atoms with E-state index < -0.39 is 5.97 Å². The number of urea groups is 1. The Morgan fingerprint density at radius 3 is 2.57 bits per heavy atom. The Kier molecular flexibility index (Phi) is 6.07. The summed E-state index contributed by atoms with van der Waals surface area (Å²) in [5.41, 5.74) is 1.31. The van der Waals surface area contributed by atoms with Crippen LogP contribution in [0, 0.1) is 11.3 Å². The summed E-state index contributed by atoms with van der Waals surface area (Å²) >= 11 is 0. The zero-order valence-electron chi connectivity index (χ0n) is 15.6. The van der Waals surface area contributed by atoms with Crippen LogP contribution in [0.25, 0.3) is 0 Å². The number of esters is 1. The molecule has 1 aromatic carbocycles. The van der Waals surface area contributed by atoms with Crippen molar-refractivity contribution in [2.75, 3.05) is 43.0 Å². The van der Waals surface area contributed by atoms with Gasteiger partial charge in [-0.2, -0.15) is 5.26 Å². The van der Waals surface area contributed by atoms with Crippen LogP contribution in [0.1, 0.15) is 22.8 Å². The highest BCUT2D eigenvalue weighted by atomic mass is 16.5. The first kappa shape index (κ1) is 19.2. The molecule has 0 spiro atoms. The van der Waals surface area contributed by atoms with Crippen molar-refractivity contribution in [3.05, 3.63) is 53.7 Å². The van der Waals surface area contributed by atoms with Crippen LogP contribution in [0.3, 0.4) is 0 Å². The first-order valence-electron chi connectivity index (χ1n) is 9.05. The Labute approximate surface area is 163 Å². The average molecular weight is 379 g/mol. The minimum Gasteiger partial charge on any atom is -0.462 e. The van der Waals surface area contributed by atoms with E-state index in [1.165, 1.54) is 12.3 Å². The molecule has 0 bridgehead atoms. The number of nitrogens with zero attached hydrogens (tertiary/aromatic N) is 4. The van der Waals surface area contributed by atoms with Crippen LogP contribution in [0.2, 0.25) is 0 Å². The van der Waals surface area contributed by atoms with Gasteiger partial charge in [-0.1, -0.05) is 18.2 Å². The Balaban J connectivity index is 1.63. The summed E-state index contributed by atoms with van der Waals surface area (Å²) in [5.74, 6) is 0.0131. The molecule has 0 saturated carbocycles. The standard InChI is InChI=1S/C20H21N5O3/c1-2-28-19(26)16-12-15(13-21)18(22-14-16)24-8-10-25(11-9-24)20(27)23-17-6-4-3-5-7-17/h3-7,12,14H,2,8-11H2,1H3,(H,23,27). The molecule has 1 saturated heterocycles. The van der Waals surface area contributed by atoms with E-state index in [1.807, 2.05) is 35.2 Å². The largest absolute Gasteiger partial charge is 0.462 e. The topological polar surface area (TPSA) is 98.6 Å². The highest BCUT2D eigenvalue weighted by Crippen LogP contribution is 2.20. The van der Waals surface area contributed by atoms with Crippen LogP contribution in [0.4, 0.5) is 16.3 Å². The third-order valence-corrected chi connectivity index (χ3v) is 4.39. The van der Waals surface area contributed by atoms with Gasteiger partial charge in [0.2, 0.25) is 0 Å². The summed E-state index contributed by atoms with van der Waals surface area (Å²) in [5, 5.41) is 12.3. The molecule has 0 radical (unpaired) electrons. The monoisotopic (exact) mass is 379 g/mol. The molecule has 1 N–H and O–H groups in total. The number of para-hydroxylation sites is 1. The second kappa shape index (κ2) is 8.86. The SMILES string of the molecule is CCOC(=O)c1cnc(N2CCN(C(=O)Nc3ccccc3)CC2)c(C#N)c1. The predicted molar refractivity (Wildman–Crippen MR) is 104 cm³/mol. The zero-order valence-corrected chi connectivity index (χ0v) is 15.6. The molecule has 1 aromatic heterocycles. The molecule has 0 atom stereocenters. The van der Waals surface area contributed by atoms with Gasteiger partial charge in [0.1, 0.15) is 11.9 Å². The van der Waals surface area contributed by atoms with Crippen molar-refractivity contribution in [2.24, 2.45) is 0 Å². The van der Waals surface area contributed by atoms with Crippen molar-refractivity contribution in [1.82, 2.24) is 9.88 Å². The lowest BCUT2D eigenvalue weighted by atomic mass is 10.1. The first-order valence-corrected chi connectivity index (χ1v) is 9.05. The number of hydrogen-bond acceptors (Lipinski definition) is 6. The molecule has 2 amide bonds. The van der Waals surface area contributed by atoms with E-state index in [0.717, 1.165) is 5.69 Å². The van der Waals surface area contributed by atoms with Gasteiger partial charge in [0.05, 0.1) is 17.7 Å². The minimum absolute atomic E-state index is 0.156. The number of ether oxygens (including phenoxy) is 1. The third-order valence-electron chi connectivity index (χ3n) is 4.39. The molecule has 1 fully saturated rings. The smallest absolute Gasteiger partial charge is 0.339 e. The van der Waals surface area contributed by atoms with E-state index in [2.05, 4.69) is 16.4 Å². The van der Waals surface area contributed by atoms with Gasteiger partial charge in [0.15, 0.2) is 0 Å². The molecule has 0 unspecified atom stereocenters. The van der Waals surface area contributed by atoms with Crippen LogP contribution >= 0.6 is 0 Å². The fourth-order valence-electron chi connectivity index (χ4n) is 2.96. The maximum Gasteiger partial charge on any atom is 0.339 e. The van der Waals surface area contributed by atoms with Crippen molar-refractivity contribution in [1.29, 1.82) is 5.26 Å². The van der Waals surface area contributed by atoms with Gasteiger partial charge in [-0.05, 0) is 25.1 Å². The van der Waals surface area contributed by atoms with Gasteiger partial charge in [-0.3, -0.25) is 0 Å². The van der Waals surface area contributed by atoms with E-state index >= 15 is 0 Å². The maximum absolute atomic E-state index is 12.4. The molecular formula is C20H21N5O3. The quantitative estimate of drug-likeness (QED) is 0.820. The number of rotatable bonds is 4. The van der Waals surface area contributed by atoms with E-state index in [-0.39, 0.29) is 18.2 Å². The number of piperazine rings is 1. The predicted octanol–water partition coefficient (Wildman–Crippen LogP) is 2.48. The molecule has 8 heteroatoms. The van der Waals surface area contributed by atoms with E-state index in [1.54, 1.807) is 11.8 Å². The zero-order chi connectivity index (χ0) is 19.9. The van der Waals surface area contributed by atoms with Crippen molar-refractivity contribution in [3.63, 3.8) is 0 Å². The maximum atomic E-state index is 12.4. The summed E-state index contributed by atoms with van der Waals surface area (Å²) in [4.78, 5) is 32.2. The molecule has 144 valence electrons. The van der Waals surface area contributed by atoms with Gasteiger partial charge in [0, 0.05) is 38.1 Å².